The van der Waals surface area contributed by atoms with Gasteiger partial charge in [0.2, 0.25) is 0 Å². The number of benzene rings is 3. The molecule has 4 aromatic rings. The lowest BCUT2D eigenvalue weighted by Gasteiger charge is -2.13. The molecule has 0 bridgehead atoms. The van der Waals surface area contributed by atoms with Gasteiger partial charge < -0.3 is 0 Å². The Morgan fingerprint density at radius 2 is 1.11 bits per heavy atom. The van der Waals surface area contributed by atoms with Crippen LogP contribution in [0.3, 0.4) is 0 Å². The van der Waals surface area contributed by atoms with Gasteiger partial charge in [-0.1, -0.05) is 36.4 Å². The molecule has 13 heteroatoms. The molecular formula is C23H17N3O8S2. The zero-order chi connectivity index (χ0) is 26.1. The topological polar surface area (TPSA) is 167 Å². The van der Waals surface area contributed by atoms with Crippen LogP contribution < -0.4 is 0 Å². The predicted molar refractivity (Wildman–Crippen MR) is 130 cm³/mol. The maximum Gasteiger partial charge on any atom is 0.289 e. The maximum absolute atomic E-state index is 13.2. The molecule has 0 unspecified atom stereocenters. The van der Waals surface area contributed by atoms with Crippen LogP contribution in [0.1, 0.15) is 11.1 Å². The highest BCUT2D eigenvalue weighted by Gasteiger charge is 2.38. The third-order valence-electron chi connectivity index (χ3n) is 5.44. The number of sulfone groups is 2. The van der Waals surface area contributed by atoms with Crippen molar-refractivity contribution >= 4 is 42.0 Å². The maximum atomic E-state index is 13.2. The largest absolute Gasteiger partial charge is 0.289 e. The summed E-state index contributed by atoms with van der Waals surface area (Å²) in [7, 11) is -8.46. The second-order valence-electron chi connectivity index (χ2n) is 7.71. The minimum Gasteiger partial charge on any atom is -0.258 e. The summed E-state index contributed by atoms with van der Waals surface area (Å²) in [6.07, 6.45) is 1.22. The molecule has 3 aromatic carbocycles. The van der Waals surface area contributed by atoms with Crippen LogP contribution in [0.5, 0.6) is 0 Å². The van der Waals surface area contributed by atoms with Gasteiger partial charge >= 0.3 is 0 Å². The molecule has 0 atom stereocenters. The number of hydrogen-bond acceptors (Lipinski definition) is 9. The standard InChI is InChI=1S/C23H17N3O8S2/c27-25(28)22-18-12-7-13-24-21(18)19(14-35(31,32)16-8-3-1-4-9-16)23(26(29)30)20(22)15-36(33,34)17-10-5-2-6-11-17/h1-13H,14-15H2. The summed E-state index contributed by atoms with van der Waals surface area (Å²) in [6.45, 7) is 0. The highest BCUT2D eigenvalue weighted by molar-refractivity contribution is 7.91. The van der Waals surface area contributed by atoms with Crippen molar-refractivity contribution in [2.24, 2.45) is 0 Å². The van der Waals surface area contributed by atoms with Crippen molar-refractivity contribution in [3.63, 3.8) is 0 Å². The Kier molecular flexibility index (Phi) is 6.52. The fourth-order valence-electron chi connectivity index (χ4n) is 3.91. The lowest BCUT2D eigenvalue weighted by Crippen LogP contribution is -2.14. The summed E-state index contributed by atoms with van der Waals surface area (Å²) in [5.74, 6) is -2.01. The van der Waals surface area contributed by atoms with E-state index in [1.807, 2.05) is 0 Å². The van der Waals surface area contributed by atoms with Crippen LogP contribution in [0, 0.1) is 20.2 Å². The van der Waals surface area contributed by atoms with Crippen molar-refractivity contribution in [3.05, 3.63) is 110 Å². The Morgan fingerprint density at radius 3 is 1.58 bits per heavy atom. The van der Waals surface area contributed by atoms with Gasteiger partial charge in [0.25, 0.3) is 11.4 Å². The van der Waals surface area contributed by atoms with E-state index in [2.05, 4.69) is 4.98 Å². The molecule has 0 aliphatic carbocycles. The van der Waals surface area contributed by atoms with Crippen molar-refractivity contribution in [1.82, 2.24) is 4.98 Å². The molecular weight excluding hydrogens is 510 g/mol. The van der Waals surface area contributed by atoms with Crippen molar-refractivity contribution < 1.29 is 26.7 Å². The van der Waals surface area contributed by atoms with Gasteiger partial charge in [-0.3, -0.25) is 25.2 Å². The highest BCUT2D eigenvalue weighted by atomic mass is 32.2. The summed E-state index contributed by atoms with van der Waals surface area (Å²) < 4.78 is 52.6. The van der Waals surface area contributed by atoms with E-state index in [1.54, 1.807) is 12.1 Å². The van der Waals surface area contributed by atoms with Gasteiger partial charge in [0, 0.05) is 6.20 Å². The minimum atomic E-state index is -4.29. The molecule has 11 nitrogen and oxygen atoms in total. The molecule has 0 aliphatic heterocycles. The molecule has 36 heavy (non-hydrogen) atoms. The number of hydrogen-bond donors (Lipinski definition) is 0. The lowest BCUT2D eigenvalue weighted by atomic mass is 10.0. The highest BCUT2D eigenvalue weighted by Crippen LogP contribution is 2.42. The zero-order valence-corrected chi connectivity index (χ0v) is 20.0. The van der Waals surface area contributed by atoms with Crippen LogP contribution >= 0.6 is 0 Å². The number of nitro groups is 2. The predicted octanol–water partition coefficient (Wildman–Crippen LogP) is 4.00. The van der Waals surface area contributed by atoms with E-state index in [0.29, 0.717) is 0 Å². The second kappa shape index (κ2) is 9.43. The average molecular weight is 528 g/mol. The van der Waals surface area contributed by atoms with Crippen molar-refractivity contribution in [2.45, 2.75) is 21.3 Å². The third kappa shape index (κ3) is 4.65. The van der Waals surface area contributed by atoms with E-state index in [-0.39, 0.29) is 20.7 Å². The van der Waals surface area contributed by atoms with Gasteiger partial charge in [0.15, 0.2) is 19.7 Å². The van der Waals surface area contributed by atoms with Gasteiger partial charge in [-0.05, 0) is 36.4 Å². The summed E-state index contributed by atoms with van der Waals surface area (Å²) in [6, 6.07) is 16.7. The molecule has 0 aliphatic rings. The van der Waals surface area contributed by atoms with Gasteiger partial charge in [0.05, 0.1) is 47.6 Å². The Labute approximate surface area is 205 Å². The first kappa shape index (κ1) is 24.9. The third-order valence-corrected chi connectivity index (χ3v) is 8.76. The molecule has 0 saturated heterocycles. The summed E-state index contributed by atoms with van der Waals surface area (Å²) in [4.78, 5) is 26.2. The van der Waals surface area contributed by atoms with E-state index in [9.17, 15) is 37.1 Å². The monoisotopic (exact) mass is 527 g/mol. The zero-order valence-electron chi connectivity index (χ0n) is 18.3. The number of fused-ring (bicyclic) bond motifs is 1. The Balaban J connectivity index is 2.06. The van der Waals surface area contributed by atoms with Crippen molar-refractivity contribution in [3.8, 4) is 0 Å². The molecule has 184 valence electrons. The summed E-state index contributed by atoms with van der Waals surface area (Å²) in [5, 5.41) is 24.2. The number of nitro benzene ring substituents is 2. The van der Waals surface area contributed by atoms with E-state index in [0.717, 1.165) is 0 Å². The summed E-state index contributed by atoms with van der Waals surface area (Å²) in [5.41, 5.74) is -3.19. The minimum absolute atomic E-state index is 0.125. The van der Waals surface area contributed by atoms with Gasteiger partial charge in [-0.2, -0.15) is 0 Å². The SMILES string of the molecule is O=[N+]([O-])c1c(CS(=O)(=O)c2ccccc2)c([N+](=O)[O-])c2cccnc2c1CS(=O)(=O)c1ccccc1. The van der Waals surface area contributed by atoms with Crippen molar-refractivity contribution in [2.75, 3.05) is 0 Å². The first-order valence-corrected chi connectivity index (χ1v) is 13.6. The van der Waals surface area contributed by atoms with Crippen LogP contribution in [0.4, 0.5) is 11.4 Å². The Hall–Kier alpha value is -4.23. The van der Waals surface area contributed by atoms with E-state index in [1.165, 1.54) is 66.9 Å². The fraction of sp³-hybridized carbons (Fsp3) is 0.0870. The first-order chi connectivity index (χ1) is 17.0. The summed E-state index contributed by atoms with van der Waals surface area (Å²) >= 11 is 0. The van der Waals surface area contributed by atoms with Crippen LogP contribution in [0.2, 0.25) is 0 Å². The lowest BCUT2D eigenvalue weighted by molar-refractivity contribution is -0.394. The number of rotatable bonds is 8. The van der Waals surface area contributed by atoms with Crippen LogP contribution in [0.25, 0.3) is 10.9 Å². The smallest absolute Gasteiger partial charge is 0.258 e. The van der Waals surface area contributed by atoms with Gasteiger partial charge in [0.1, 0.15) is 5.56 Å². The Morgan fingerprint density at radius 1 is 0.639 bits per heavy atom. The number of aromatic nitrogens is 1. The number of nitrogens with zero attached hydrogens (tertiary/aromatic N) is 3. The molecule has 0 N–H and O–H groups in total. The molecule has 0 amide bonds. The quantitative estimate of drug-likeness (QED) is 0.243. The van der Waals surface area contributed by atoms with Crippen LogP contribution in [0.15, 0.2) is 88.8 Å². The molecule has 0 spiro atoms. The molecule has 0 saturated carbocycles. The normalized spacial score (nSPS) is 11.9. The first-order valence-electron chi connectivity index (χ1n) is 10.3. The van der Waals surface area contributed by atoms with Gasteiger partial charge in [-0.25, -0.2) is 16.8 Å². The van der Waals surface area contributed by atoms with E-state index in [4.69, 9.17) is 0 Å². The second-order valence-corrected chi connectivity index (χ2v) is 11.7. The Bertz CT molecular complexity index is 1710. The average Bonchev–Trinajstić information content (AvgIpc) is 2.84. The molecule has 0 fully saturated rings. The van der Waals surface area contributed by atoms with E-state index >= 15 is 0 Å². The van der Waals surface area contributed by atoms with Crippen LogP contribution in [-0.2, 0) is 31.2 Å². The molecule has 1 heterocycles. The molecule has 0 radical (unpaired) electrons. The fourth-order valence-corrected chi connectivity index (χ4v) is 6.69. The number of pyridine rings is 1. The van der Waals surface area contributed by atoms with Gasteiger partial charge in [-0.15, -0.1) is 0 Å². The van der Waals surface area contributed by atoms with E-state index < -0.39 is 63.5 Å². The van der Waals surface area contributed by atoms with Crippen LogP contribution in [-0.4, -0.2) is 31.7 Å². The van der Waals surface area contributed by atoms with Crippen molar-refractivity contribution in [1.29, 1.82) is 0 Å². The molecule has 1 aromatic heterocycles. The molecule has 4 rings (SSSR count).